The fraction of sp³-hybridized carbons (Fsp3) is 0.174. The third-order valence-electron chi connectivity index (χ3n) is 5.05. The van der Waals surface area contributed by atoms with Gasteiger partial charge in [-0.1, -0.05) is 60.1 Å². The summed E-state index contributed by atoms with van der Waals surface area (Å²) in [6.45, 7) is 0.491. The lowest BCUT2D eigenvalue weighted by molar-refractivity contribution is -0.121. The van der Waals surface area contributed by atoms with Crippen molar-refractivity contribution in [2.75, 3.05) is 19.2 Å². The number of carbonyl (C=O) groups excluding carboxylic acids is 1. The van der Waals surface area contributed by atoms with Crippen molar-refractivity contribution in [1.29, 1.82) is 0 Å². The number of methoxy groups -OCH3 is 1. The molecule has 0 N–H and O–H groups in total. The molecule has 3 aromatic carbocycles. The molecule has 0 saturated carbocycles. The molecule has 1 unspecified atom stereocenters. The smallest absolute Gasteiger partial charge is 0.253 e. The van der Waals surface area contributed by atoms with Gasteiger partial charge in [-0.3, -0.25) is 4.79 Å². The van der Waals surface area contributed by atoms with Crippen LogP contribution in [0.2, 0.25) is 5.02 Å². The number of para-hydroxylation sites is 1. The third-order valence-corrected chi connectivity index (χ3v) is 5.28. The van der Waals surface area contributed by atoms with E-state index in [0.717, 1.165) is 28.1 Å². The minimum atomic E-state index is -0.305. The first-order valence-corrected chi connectivity index (χ1v) is 9.49. The first-order valence-electron chi connectivity index (χ1n) is 9.11. The Hall–Kier alpha value is -2.82. The summed E-state index contributed by atoms with van der Waals surface area (Å²) in [4.78, 5) is 13.4. The van der Waals surface area contributed by atoms with Crippen LogP contribution in [0.25, 0.3) is 0 Å². The first-order chi connectivity index (χ1) is 13.6. The highest BCUT2D eigenvalue weighted by Crippen LogP contribution is 2.42. The van der Waals surface area contributed by atoms with Crippen LogP contribution in [0, 0.1) is 0 Å². The van der Waals surface area contributed by atoms with Gasteiger partial charge in [0.1, 0.15) is 5.75 Å². The third kappa shape index (κ3) is 3.26. The number of benzene rings is 3. The Kier molecular flexibility index (Phi) is 5.07. The summed E-state index contributed by atoms with van der Waals surface area (Å²) in [6.07, 6.45) is 0. The highest BCUT2D eigenvalue weighted by Gasteiger charge is 2.40. The molecule has 4 nitrogen and oxygen atoms in total. The molecule has 5 heteroatoms. The summed E-state index contributed by atoms with van der Waals surface area (Å²) in [5.41, 5.74) is 3.84. The second-order valence-electron chi connectivity index (χ2n) is 6.82. The number of amides is 1. The number of hydrogen-bond donors (Lipinski definition) is 0. The lowest BCUT2D eigenvalue weighted by Crippen LogP contribution is -2.42. The predicted molar refractivity (Wildman–Crippen MR) is 112 cm³/mol. The van der Waals surface area contributed by atoms with Crippen LogP contribution < -0.4 is 9.75 Å². The molecular weight excluding hydrogens is 372 g/mol. The van der Waals surface area contributed by atoms with Crippen LogP contribution in [0.1, 0.15) is 22.6 Å². The van der Waals surface area contributed by atoms with Crippen molar-refractivity contribution in [2.24, 2.45) is 0 Å². The molecule has 0 radical (unpaired) electrons. The van der Waals surface area contributed by atoms with Crippen LogP contribution in [-0.2, 0) is 11.3 Å². The topological polar surface area (TPSA) is 32.8 Å². The Labute approximate surface area is 169 Å². The van der Waals surface area contributed by atoms with Gasteiger partial charge < -0.3 is 4.74 Å². The van der Waals surface area contributed by atoms with Crippen LogP contribution >= 0.6 is 11.6 Å². The highest BCUT2D eigenvalue weighted by molar-refractivity contribution is 6.30. The van der Waals surface area contributed by atoms with Crippen molar-refractivity contribution < 1.29 is 9.53 Å². The number of fused-ring (bicyclic) bond motifs is 1. The number of ether oxygens (including phenoxy) is 1. The fourth-order valence-corrected chi connectivity index (χ4v) is 4.00. The summed E-state index contributed by atoms with van der Waals surface area (Å²) >= 11 is 6.18. The van der Waals surface area contributed by atoms with Crippen LogP contribution in [-0.4, -0.2) is 25.1 Å². The molecule has 3 aromatic rings. The molecule has 1 amide bonds. The van der Waals surface area contributed by atoms with Crippen molar-refractivity contribution >= 4 is 23.2 Å². The Morgan fingerprint density at radius 2 is 1.75 bits per heavy atom. The van der Waals surface area contributed by atoms with Gasteiger partial charge in [0.25, 0.3) is 5.91 Å². The van der Waals surface area contributed by atoms with E-state index in [4.69, 9.17) is 16.3 Å². The zero-order chi connectivity index (χ0) is 19.7. The molecule has 142 valence electrons. The fourth-order valence-electron chi connectivity index (χ4n) is 3.81. The molecule has 28 heavy (non-hydrogen) atoms. The van der Waals surface area contributed by atoms with E-state index in [9.17, 15) is 4.79 Å². The molecule has 1 atom stereocenters. The van der Waals surface area contributed by atoms with Crippen molar-refractivity contribution in [3.05, 3.63) is 94.5 Å². The quantitative estimate of drug-likeness (QED) is 0.620. The summed E-state index contributed by atoms with van der Waals surface area (Å²) in [5.74, 6) is 0.479. The molecule has 1 heterocycles. The molecular formula is C23H21ClN2O2. The molecule has 0 aliphatic carbocycles. The number of anilines is 1. The zero-order valence-corrected chi connectivity index (χ0v) is 16.6. The van der Waals surface area contributed by atoms with E-state index >= 15 is 0 Å². The maximum Gasteiger partial charge on any atom is 0.253 e. The summed E-state index contributed by atoms with van der Waals surface area (Å²) in [7, 11) is 3.54. The SMILES string of the molecule is COc1ccc(Cl)cc1CN(C)N1C(=O)C(c2ccccc2)c2ccccc21. The zero-order valence-electron chi connectivity index (χ0n) is 15.8. The molecule has 0 spiro atoms. The monoisotopic (exact) mass is 392 g/mol. The summed E-state index contributed by atoms with van der Waals surface area (Å²) < 4.78 is 5.46. The molecule has 0 saturated heterocycles. The van der Waals surface area contributed by atoms with Gasteiger partial charge in [0.15, 0.2) is 0 Å². The lowest BCUT2D eigenvalue weighted by Gasteiger charge is -2.29. The minimum Gasteiger partial charge on any atom is -0.496 e. The van der Waals surface area contributed by atoms with Crippen LogP contribution in [0.15, 0.2) is 72.8 Å². The lowest BCUT2D eigenvalue weighted by atomic mass is 9.93. The Bertz CT molecular complexity index is 1010. The van der Waals surface area contributed by atoms with E-state index in [1.54, 1.807) is 18.2 Å². The van der Waals surface area contributed by atoms with Crippen LogP contribution in [0.5, 0.6) is 5.75 Å². The molecule has 1 aliphatic rings. The molecule has 4 rings (SSSR count). The van der Waals surface area contributed by atoms with Gasteiger partial charge in [0, 0.05) is 24.2 Å². The van der Waals surface area contributed by atoms with E-state index in [1.165, 1.54) is 0 Å². The maximum atomic E-state index is 13.4. The van der Waals surface area contributed by atoms with E-state index < -0.39 is 0 Å². The van der Waals surface area contributed by atoms with Gasteiger partial charge in [0.2, 0.25) is 0 Å². The summed E-state index contributed by atoms with van der Waals surface area (Å²) in [6, 6.07) is 23.4. The molecule has 0 aromatic heterocycles. The average molecular weight is 393 g/mol. The number of nitrogens with zero attached hydrogens (tertiary/aromatic N) is 2. The van der Waals surface area contributed by atoms with Gasteiger partial charge in [0.05, 0.1) is 18.7 Å². The highest BCUT2D eigenvalue weighted by atomic mass is 35.5. The average Bonchev–Trinajstić information content (AvgIpc) is 3.00. The molecule has 0 fully saturated rings. The summed E-state index contributed by atoms with van der Waals surface area (Å²) in [5, 5.41) is 4.31. The van der Waals surface area contributed by atoms with Crippen LogP contribution in [0.4, 0.5) is 5.69 Å². The minimum absolute atomic E-state index is 0.0379. The van der Waals surface area contributed by atoms with E-state index in [0.29, 0.717) is 11.6 Å². The Morgan fingerprint density at radius 1 is 1.04 bits per heavy atom. The number of carbonyl (C=O) groups is 1. The normalized spacial score (nSPS) is 15.8. The number of halogens is 1. The van der Waals surface area contributed by atoms with E-state index in [-0.39, 0.29) is 11.8 Å². The molecule has 1 aliphatic heterocycles. The molecule has 0 bridgehead atoms. The standard InChI is InChI=1S/C23H21ClN2O2/c1-25(15-17-14-18(24)12-13-21(17)28-2)26-20-11-7-6-10-19(20)22(23(26)27)16-8-4-3-5-9-16/h3-14,22H,15H2,1-2H3. The largest absolute Gasteiger partial charge is 0.496 e. The van der Waals surface area contributed by atoms with Gasteiger partial charge in [-0.25, -0.2) is 10.0 Å². The second kappa shape index (κ2) is 7.66. The number of hydrazine groups is 1. The Balaban J connectivity index is 1.70. The first kappa shape index (κ1) is 18.5. The second-order valence-corrected chi connectivity index (χ2v) is 7.26. The van der Waals surface area contributed by atoms with Crippen molar-refractivity contribution in [3.63, 3.8) is 0 Å². The van der Waals surface area contributed by atoms with Crippen molar-refractivity contribution in [1.82, 2.24) is 5.01 Å². The Morgan fingerprint density at radius 3 is 2.50 bits per heavy atom. The van der Waals surface area contributed by atoms with Gasteiger partial charge in [-0.15, -0.1) is 0 Å². The predicted octanol–water partition coefficient (Wildman–Crippen LogP) is 4.87. The van der Waals surface area contributed by atoms with Crippen LogP contribution in [0.3, 0.4) is 0 Å². The van der Waals surface area contributed by atoms with Gasteiger partial charge in [-0.2, -0.15) is 0 Å². The number of hydrogen-bond acceptors (Lipinski definition) is 3. The number of rotatable bonds is 5. The van der Waals surface area contributed by atoms with Crippen molar-refractivity contribution in [2.45, 2.75) is 12.5 Å². The van der Waals surface area contributed by atoms with E-state index in [1.807, 2.05) is 78.8 Å². The van der Waals surface area contributed by atoms with Crippen molar-refractivity contribution in [3.8, 4) is 5.75 Å². The maximum absolute atomic E-state index is 13.4. The van der Waals surface area contributed by atoms with Gasteiger partial charge >= 0.3 is 0 Å². The van der Waals surface area contributed by atoms with E-state index in [2.05, 4.69) is 0 Å². The van der Waals surface area contributed by atoms with Gasteiger partial charge in [-0.05, 0) is 35.4 Å².